The summed E-state index contributed by atoms with van der Waals surface area (Å²) in [6.07, 6.45) is 6.15. The lowest BCUT2D eigenvalue weighted by molar-refractivity contribution is 0.320. The molecule has 21 heavy (non-hydrogen) atoms. The summed E-state index contributed by atoms with van der Waals surface area (Å²) in [5.41, 5.74) is 2.23. The number of nitrogens with one attached hydrogen (secondary N) is 1. The fraction of sp³-hybridized carbons (Fsp3) is 0.588. The number of imidazole rings is 1. The van der Waals surface area contributed by atoms with Crippen molar-refractivity contribution in [1.29, 1.82) is 0 Å². The Balaban J connectivity index is 2.01. The second-order valence-corrected chi connectivity index (χ2v) is 6.43. The fourth-order valence-electron chi connectivity index (χ4n) is 3.01. The van der Waals surface area contributed by atoms with Gasteiger partial charge in [-0.25, -0.2) is 0 Å². The third-order valence-corrected chi connectivity index (χ3v) is 4.61. The van der Waals surface area contributed by atoms with E-state index in [4.69, 9.17) is 17.0 Å². The number of nitrogens with zero attached hydrogens (tertiary/aromatic N) is 1. The molecule has 3 nitrogen and oxygen atoms in total. The first-order valence-electron chi connectivity index (χ1n) is 8.10. The molecule has 0 bridgehead atoms. The number of fused-ring (bicyclic) bond motifs is 1. The smallest absolute Gasteiger partial charge is 0.178 e. The Morgan fingerprint density at radius 1 is 1.38 bits per heavy atom. The monoisotopic (exact) mass is 304 g/mol. The van der Waals surface area contributed by atoms with Crippen LogP contribution in [0.2, 0.25) is 0 Å². The highest BCUT2D eigenvalue weighted by molar-refractivity contribution is 7.71. The third-order valence-electron chi connectivity index (χ3n) is 4.31. The van der Waals surface area contributed by atoms with Gasteiger partial charge >= 0.3 is 0 Å². The molecule has 2 aromatic rings. The Kier molecular flexibility index (Phi) is 4.34. The van der Waals surface area contributed by atoms with E-state index in [1.54, 1.807) is 0 Å². The summed E-state index contributed by atoms with van der Waals surface area (Å²) in [5, 5.41) is 0. The molecule has 0 spiro atoms. The van der Waals surface area contributed by atoms with Gasteiger partial charge < -0.3 is 14.3 Å². The third kappa shape index (κ3) is 3.00. The second kappa shape index (κ2) is 6.22. The van der Waals surface area contributed by atoms with Crippen molar-refractivity contribution in [3.8, 4) is 5.75 Å². The molecular formula is C17H24N2OS. The number of rotatable bonds is 7. The quantitative estimate of drug-likeness (QED) is 0.709. The van der Waals surface area contributed by atoms with Crippen LogP contribution in [-0.4, -0.2) is 16.2 Å². The van der Waals surface area contributed by atoms with E-state index in [1.165, 1.54) is 24.8 Å². The van der Waals surface area contributed by atoms with Gasteiger partial charge in [0.25, 0.3) is 0 Å². The zero-order chi connectivity index (χ0) is 14.8. The van der Waals surface area contributed by atoms with E-state index in [0.29, 0.717) is 6.04 Å². The van der Waals surface area contributed by atoms with Crippen LogP contribution in [0, 0.1) is 10.7 Å². The van der Waals surface area contributed by atoms with Crippen LogP contribution in [0.1, 0.15) is 52.0 Å². The van der Waals surface area contributed by atoms with E-state index >= 15 is 0 Å². The van der Waals surface area contributed by atoms with Crippen LogP contribution in [0.3, 0.4) is 0 Å². The van der Waals surface area contributed by atoms with Crippen LogP contribution in [-0.2, 0) is 0 Å². The number of para-hydroxylation sites is 1. The van der Waals surface area contributed by atoms with E-state index in [9.17, 15) is 0 Å². The minimum atomic E-state index is 0.500. The number of hydrogen-bond acceptors (Lipinski definition) is 2. The molecule has 1 unspecified atom stereocenters. The molecule has 1 heterocycles. The van der Waals surface area contributed by atoms with Gasteiger partial charge in [0.15, 0.2) is 4.77 Å². The van der Waals surface area contributed by atoms with Gasteiger partial charge in [-0.1, -0.05) is 32.8 Å². The molecule has 0 amide bonds. The molecule has 4 heteroatoms. The first kappa shape index (κ1) is 14.6. The summed E-state index contributed by atoms with van der Waals surface area (Å²) >= 11 is 5.59. The van der Waals surface area contributed by atoms with Crippen molar-refractivity contribution in [2.75, 3.05) is 6.61 Å². The Hall–Kier alpha value is -1.29. The normalized spacial score (nSPS) is 16.3. The zero-order valence-corrected chi connectivity index (χ0v) is 13.7. The van der Waals surface area contributed by atoms with Crippen molar-refractivity contribution in [3.63, 3.8) is 0 Å². The Bertz CT molecular complexity index is 669. The predicted molar refractivity (Wildman–Crippen MR) is 89.6 cm³/mol. The maximum atomic E-state index is 5.85. The number of ether oxygens (including phenoxy) is 1. The highest BCUT2D eigenvalue weighted by atomic mass is 32.1. The van der Waals surface area contributed by atoms with Crippen molar-refractivity contribution in [3.05, 3.63) is 23.0 Å². The molecule has 0 radical (unpaired) electrons. The first-order valence-corrected chi connectivity index (χ1v) is 8.51. The average molecular weight is 304 g/mol. The largest absolute Gasteiger partial charge is 0.491 e. The van der Waals surface area contributed by atoms with E-state index in [-0.39, 0.29) is 0 Å². The van der Waals surface area contributed by atoms with Crippen LogP contribution < -0.4 is 4.74 Å². The molecular weight excluding hydrogens is 280 g/mol. The van der Waals surface area contributed by atoms with Crippen LogP contribution in [0.15, 0.2) is 18.2 Å². The lowest BCUT2D eigenvalue weighted by Gasteiger charge is -2.17. The fourth-order valence-corrected chi connectivity index (χ4v) is 3.36. The van der Waals surface area contributed by atoms with Crippen molar-refractivity contribution in [1.82, 2.24) is 9.55 Å². The number of H-pyrrole nitrogens is 1. The number of benzene rings is 1. The topological polar surface area (TPSA) is 29.9 Å². The van der Waals surface area contributed by atoms with Crippen molar-refractivity contribution >= 4 is 23.3 Å². The number of aromatic amines is 1. The second-order valence-electron chi connectivity index (χ2n) is 6.04. The van der Waals surface area contributed by atoms with E-state index < -0.39 is 0 Å². The minimum absolute atomic E-state index is 0.500. The molecule has 1 atom stereocenters. The van der Waals surface area contributed by atoms with Crippen LogP contribution >= 0.6 is 12.2 Å². The molecule has 0 aliphatic heterocycles. The average Bonchev–Trinajstić information content (AvgIpc) is 3.24. The number of hydrogen-bond donors (Lipinski definition) is 1. The summed E-state index contributed by atoms with van der Waals surface area (Å²) in [6, 6.07) is 6.74. The van der Waals surface area contributed by atoms with Gasteiger partial charge in [0.1, 0.15) is 11.3 Å². The molecule has 1 aliphatic carbocycles. The van der Waals surface area contributed by atoms with Gasteiger partial charge in [0.05, 0.1) is 12.1 Å². The van der Waals surface area contributed by atoms with E-state index in [0.717, 1.165) is 41.4 Å². The zero-order valence-electron chi connectivity index (χ0n) is 12.9. The summed E-state index contributed by atoms with van der Waals surface area (Å²) in [7, 11) is 0. The van der Waals surface area contributed by atoms with Crippen molar-refractivity contribution in [2.45, 2.75) is 52.0 Å². The molecule has 1 aromatic carbocycles. The Morgan fingerprint density at radius 3 is 2.86 bits per heavy atom. The van der Waals surface area contributed by atoms with E-state index in [1.807, 2.05) is 6.07 Å². The highest BCUT2D eigenvalue weighted by Gasteiger charge is 2.26. The summed E-state index contributed by atoms with van der Waals surface area (Å²) in [6.45, 7) is 5.12. The lowest BCUT2D eigenvalue weighted by atomic mass is 10.1. The van der Waals surface area contributed by atoms with Gasteiger partial charge in [-0.2, -0.15) is 0 Å². The van der Waals surface area contributed by atoms with Gasteiger partial charge in [-0.15, -0.1) is 0 Å². The Labute approximate surface area is 131 Å². The summed E-state index contributed by atoms with van der Waals surface area (Å²) in [5.74, 6) is 1.82. The molecule has 1 aromatic heterocycles. The van der Waals surface area contributed by atoms with Crippen molar-refractivity contribution < 1.29 is 4.74 Å². The van der Waals surface area contributed by atoms with Crippen LogP contribution in [0.4, 0.5) is 0 Å². The first-order chi connectivity index (χ1) is 10.2. The minimum Gasteiger partial charge on any atom is -0.491 e. The standard InChI is InChI=1S/C17H24N2OS/c1-3-10-20-15-7-5-6-14-16(15)18-17(21)19(14)13(4-2)11-12-8-9-12/h5-7,12-13H,3-4,8-11H2,1-2H3,(H,18,21). The molecule has 1 fully saturated rings. The maximum absolute atomic E-state index is 5.85. The Morgan fingerprint density at radius 2 is 2.19 bits per heavy atom. The van der Waals surface area contributed by atoms with Gasteiger partial charge in [-0.05, 0) is 49.5 Å². The lowest BCUT2D eigenvalue weighted by Crippen LogP contribution is -2.09. The van der Waals surface area contributed by atoms with Crippen LogP contribution in [0.5, 0.6) is 5.75 Å². The number of aromatic nitrogens is 2. The van der Waals surface area contributed by atoms with Gasteiger partial charge in [0, 0.05) is 6.04 Å². The van der Waals surface area contributed by atoms with Crippen molar-refractivity contribution in [2.24, 2.45) is 5.92 Å². The predicted octanol–water partition coefficient (Wildman–Crippen LogP) is 5.24. The molecule has 1 N–H and O–H groups in total. The van der Waals surface area contributed by atoms with Gasteiger partial charge in [0.2, 0.25) is 0 Å². The van der Waals surface area contributed by atoms with Crippen LogP contribution in [0.25, 0.3) is 11.0 Å². The maximum Gasteiger partial charge on any atom is 0.178 e. The molecule has 3 rings (SSSR count). The summed E-state index contributed by atoms with van der Waals surface area (Å²) in [4.78, 5) is 3.37. The molecule has 114 valence electrons. The SMILES string of the molecule is CCCOc1cccc2c1[nH]c(=S)n2C(CC)CC1CC1. The molecule has 0 saturated heterocycles. The highest BCUT2D eigenvalue weighted by Crippen LogP contribution is 2.39. The molecule has 1 saturated carbocycles. The molecule has 1 aliphatic rings. The summed E-state index contributed by atoms with van der Waals surface area (Å²) < 4.78 is 8.98. The van der Waals surface area contributed by atoms with Gasteiger partial charge in [-0.3, -0.25) is 0 Å². The van der Waals surface area contributed by atoms with E-state index in [2.05, 4.69) is 35.5 Å².